The SMILES string of the molecule is N#Cc1cccc2c(Cc3ccc(Br)c(O)c3F)[nH]nc12. The van der Waals surface area contributed by atoms with Gasteiger partial charge in [0.05, 0.1) is 10.0 Å². The summed E-state index contributed by atoms with van der Waals surface area (Å²) in [4.78, 5) is 0. The minimum atomic E-state index is -0.663. The van der Waals surface area contributed by atoms with Crippen molar-refractivity contribution in [1.82, 2.24) is 10.2 Å². The molecule has 0 aliphatic rings. The Morgan fingerprint density at radius 3 is 2.90 bits per heavy atom. The monoisotopic (exact) mass is 345 g/mol. The summed E-state index contributed by atoms with van der Waals surface area (Å²) in [6.45, 7) is 0. The predicted octanol–water partition coefficient (Wildman–Crippen LogP) is 3.63. The highest BCUT2D eigenvalue weighted by Gasteiger charge is 2.15. The molecule has 6 heteroatoms. The van der Waals surface area contributed by atoms with E-state index in [2.05, 4.69) is 32.2 Å². The average Bonchev–Trinajstić information content (AvgIpc) is 2.91. The second kappa shape index (κ2) is 5.19. The topological polar surface area (TPSA) is 72.7 Å². The third-order valence-electron chi connectivity index (χ3n) is 3.30. The van der Waals surface area contributed by atoms with Gasteiger partial charge in [0, 0.05) is 17.5 Å². The number of nitriles is 1. The Labute approximate surface area is 128 Å². The van der Waals surface area contributed by atoms with Crippen LogP contribution in [0.25, 0.3) is 10.9 Å². The van der Waals surface area contributed by atoms with E-state index in [1.807, 2.05) is 6.07 Å². The molecule has 0 atom stereocenters. The summed E-state index contributed by atoms with van der Waals surface area (Å²) in [7, 11) is 0. The molecule has 3 rings (SSSR count). The van der Waals surface area contributed by atoms with Gasteiger partial charge in [0.1, 0.15) is 11.6 Å². The summed E-state index contributed by atoms with van der Waals surface area (Å²) >= 11 is 3.07. The normalized spacial score (nSPS) is 10.7. The van der Waals surface area contributed by atoms with Crippen LogP contribution in [0, 0.1) is 17.1 Å². The predicted molar refractivity (Wildman–Crippen MR) is 79.4 cm³/mol. The number of aromatic hydroxyl groups is 1. The van der Waals surface area contributed by atoms with Gasteiger partial charge in [-0.3, -0.25) is 5.10 Å². The number of phenols is 1. The van der Waals surface area contributed by atoms with E-state index in [9.17, 15) is 9.50 Å². The molecule has 0 aliphatic carbocycles. The molecule has 0 saturated heterocycles. The van der Waals surface area contributed by atoms with Gasteiger partial charge in [0.15, 0.2) is 11.6 Å². The summed E-state index contributed by atoms with van der Waals surface area (Å²) in [6.07, 6.45) is 0.248. The van der Waals surface area contributed by atoms with Crippen LogP contribution in [0.3, 0.4) is 0 Å². The van der Waals surface area contributed by atoms with Crippen molar-refractivity contribution < 1.29 is 9.50 Å². The van der Waals surface area contributed by atoms with Gasteiger partial charge in [-0.1, -0.05) is 18.2 Å². The zero-order valence-electron chi connectivity index (χ0n) is 10.7. The quantitative estimate of drug-likeness (QED) is 0.744. The zero-order chi connectivity index (χ0) is 15.0. The van der Waals surface area contributed by atoms with Crippen molar-refractivity contribution in [3.8, 4) is 11.8 Å². The first-order valence-corrected chi connectivity index (χ1v) is 6.93. The molecule has 0 fully saturated rings. The fraction of sp³-hybridized carbons (Fsp3) is 0.0667. The molecule has 4 nitrogen and oxygen atoms in total. The number of rotatable bonds is 2. The first-order chi connectivity index (χ1) is 10.1. The maximum atomic E-state index is 14.0. The van der Waals surface area contributed by atoms with E-state index in [1.165, 1.54) is 0 Å². The molecular weight excluding hydrogens is 337 g/mol. The van der Waals surface area contributed by atoms with Gasteiger partial charge in [-0.25, -0.2) is 4.39 Å². The van der Waals surface area contributed by atoms with Gasteiger partial charge >= 0.3 is 0 Å². The smallest absolute Gasteiger partial charge is 0.169 e. The summed E-state index contributed by atoms with van der Waals surface area (Å²) in [5.74, 6) is -1.07. The number of hydrogen-bond acceptors (Lipinski definition) is 3. The molecule has 0 spiro atoms. The lowest BCUT2D eigenvalue weighted by Gasteiger charge is -2.05. The fourth-order valence-electron chi connectivity index (χ4n) is 2.23. The number of nitrogens with zero attached hydrogens (tertiary/aromatic N) is 2. The van der Waals surface area contributed by atoms with Crippen molar-refractivity contribution >= 4 is 26.8 Å². The van der Waals surface area contributed by atoms with Gasteiger partial charge in [-0.2, -0.15) is 10.4 Å². The van der Waals surface area contributed by atoms with Crippen LogP contribution in [0.15, 0.2) is 34.8 Å². The molecule has 1 heterocycles. The molecule has 0 radical (unpaired) electrons. The van der Waals surface area contributed by atoms with Crippen LogP contribution >= 0.6 is 15.9 Å². The van der Waals surface area contributed by atoms with Gasteiger partial charge in [-0.15, -0.1) is 0 Å². The van der Waals surface area contributed by atoms with E-state index in [4.69, 9.17) is 5.26 Å². The Kier molecular flexibility index (Phi) is 3.35. The Hall–Kier alpha value is -2.39. The first kappa shape index (κ1) is 13.6. The lowest BCUT2D eigenvalue weighted by atomic mass is 10.0. The maximum absolute atomic E-state index is 14.0. The van der Waals surface area contributed by atoms with Crippen LogP contribution < -0.4 is 0 Å². The highest BCUT2D eigenvalue weighted by molar-refractivity contribution is 9.10. The number of hydrogen-bond donors (Lipinski definition) is 2. The Morgan fingerprint density at radius 2 is 2.14 bits per heavy atom. The summed E-state index contributed by atoms with van der Waals surface area (Å²) in [6, 6.07) is 10.5. The van der Waals surface area contributed by atoms with Crippen LogP contribution in [-0.4, -0.2) is 15.3 Å². The van der Waals surface area contributed by atoms with Crippen molar-refractivity contribution in [1.29, 1.82) is 5.26 Å². The standard InChI is InChI=1S/C15H9BrFN3O/c16-11-5-4-8(13(17)15(11)21)6-12-10-3-1-2-9(7-18)14(10)20-19-12/h1-5,21H,6H2,(H,19,20). The van der Waals surface area contributed by atoms with E-state index < -0.39 is 11.6 Å². The minimum absolute atomic E-state index is 0.248. The van der Waals surface area contributed by atoms with E-state index >= 15 is 0 Å². The molecule has 1 aromatic heterocycles. The summed E-state index contributed by atoms with van der Waals surface area (Å²) in [5, 5.41) is 26.4. The van der Waals surface area contributed by atoms with Crippen LogP contribution in [0.2, 0.25) is 0 Å². The number of para-hydroxylation sites is 1. The number of nitrogens with one attached hydrogen (secondary N) is 1. The lowest BCUT2D eigenvalue weighted by molar-refractivity contribution is 0.426. The number of aromatic amines is 1. The number of fused-ring (bicyclic) bond motifs is 1. The molecule has 0 bridgehead atoms. The third kappa shape index (κ3) is 2.26. The summed E-state index contributed by atoms with van der Waals surface area (Å²) in [5.41, 5.74) is 2.08. The molecular formula is C15H9BrFN3O. The van der Waals surface area contributed by atoms with Gasteiger partial charge in [0.2, 0.25) is 0 Å². The molecule has 2 aromatic carbocycles. The second-order valence-corrected chi connectivity index (χ2v) is 5.42. The molecule has 0 amide bonds. The van der Waals surface area contributed by atoms with Crippen LogP contribution in [0.5, 0.6) is 5.75 Å². The molecule has 0 saturated carbocycles. The van der Waals surface area contributed by atoms with Crippen molar-refractivity contribution in [2.75, 3.05) is 0 Å². The van der Waals surface area contributed by atoms with Gasteiger partial charge in [0.25, 0.3) is 0 Å². The fourth-order valence-corrected chi connectivity index (χ4v) is 2.53. The average molecular weight is 346 g/mol. The van der Waals surface area contributed by atoms with Crippen LogP contribution in [0.1, 0.15) is 16.8 Å². The van der Waals surface area contributed by atoms with Crippen molar-refractivity contribution in [3.63, 3.8) is 0 Å². The molecule has 104 valence electrons. The highest BCUT2D eigenvalue weighted by atomic mass is 79.9. The zero-order valence-corrected chi connectivity index (χ0v) is 12.3. The van der Waals surface area contributed by atoms with Crippen LogP contribution in [-0.2, 0) is 6.42 Å². The number of phenolic OH excluding ortho intramolecular Hbond substituents is 1. The number of aromatic nitrogens is 2. The number of halogens is 2. The van der Waals surface area contributed by atoms with Gasteiger partial charge < -0.3 is 5.11 Å². The van der Waals surface area contributed by atoms with Crippen molar-refractivity contribution in [2.24, 2.45) is 0 Å². The van der Waals surface area contributed by atoms with Gasteiger partial charge in [-0.05, 0) is 33.6 Å². The molecule has 21 heavy (non-hydrogen) atoms. The minimum Gasteiger partial charge on any atom is -0.504 e. The van der Waals surface area contributed by atoms with E-state index in [-0.39, 0.29) is 6.42 Å². The van der Waals surface area contributed by atoms with E-state index in [0.717, 1.165) is 5.39 Å². The first-order valence-electron chi connectivity index (χ1n) is 6.13. The van der Waals surface area contributed by atoms with E-state index in [1.54, 1.807) is 24.3 Å². The molecule has 2 N–H and O–H groups in total. The largest absolute Gasteiger partial charge is 0.504 e. The van der Waals surface area contributed by atoms with Crippen molar-refractivity contribution in [3.05, 3.63) is 57.4 Å². The molecule has 0 unspecified atom stereocenters. The third-order valence-corrected chi connectivity index (χ3v) is 3.94. The van der Waals surface area contributed by atoms with E-state index in [0.29, 0.717) is 26.8 Å². The second-order valence-electron chi connectivity index (χ2n) is 4.56. The highest BCUT2D eigenvalue weighted by Crippen LogP contribution is 2.31. The Bertz CT molecular complexity index is 882. The Morgan fingerprint density at radius 1 is 1.33 bits per heavy atom. The van der Waals surface area contributed by atoms with Crippen molar-refractivity contribution in [2.45, 2.75) is 6.42 Å². The lowest BCUT2D eigenvalue weighted by Crippen LogP contribution is -1.94. The van der Waals surface area contributed by atoms with Crippen LogP contribution in [0.4, 0.5) is 4.39 Å². The Balaban J connectivity index is 2.08. The molecule has 3 aromatic rings. The number of benzene rings is 2. The number of H-pyrrole nitrogens is 1. The summed E-state index contributed by atoms with van der Waals surface area (Å²) < 4.78 is 14.3. The molecule has 0 aliphatic heterocycles. The maximum Gasteiger partial charge on any atom is 0.169 e.